The van der Waals surface area contributed by atoms with Crippen molar-refractivity contribution >= 4 is 23.2 Å². The highest BCUT2D eigenvalue weighted by atomic mass is 35.5. The van der Waals surface area contributed by atoms with E-state index in [0.717, 1.165) is 60.2 Å². The molecule has 1 fully saturated rings. The zero-order valence-corrected chi connectivity index (χ0v) is 18.7. The number of halogens is 1. The van der Waals surface area contributed by atoms with Gasteiger partial charge in [0, 0.05) is 10.7 Å². The first kappa shape index (κ1) is 21.7. The van der Waals surface area contributed by atoms with Crippen LogP contribution in [-0.4, -0.2) is 12.0 Å². The normalized spacial score (nSPS) is 16.9. The van der Waals surface area contributed by atoms with Crippen LogP contribution in [0.1, 0.15) is 69.1 Å². The van der Waals surface area contributed by atoms with Crippen molar-refractivity contribution in [1.29, 1.82) is 0 Å². The SMILES string of the molecule is CCC(C)Oc1c(C)cc(NC(=O)C2(c3ccccc3Cl)CCCCC2)cc1C. The van der Waals surface area contributed by atoms with Crippen LogP contribution >= 0.6 is 11.6 Å². The number of anilines is 1. The standard InChI is InChI=1S/C25H32ClNO2/c1-5-19(4)29-23-17(2)15-20(16-18(23)3)27-24(28)25(13-9-6-10-14-25)21-11-7-8-12-22(21)26/h7-8,11-12,15-16,19H,5-6,9-10,13-14H2,1-4H3,(H,27,28). The molecule has 3 rings (SSSR count). The number of nitrogens with one attached hydrogen (secondary N) is 1. The monoisotopic (exact) mass is 413 g/mol. The van der Waals surface area contributed by atoms with E-state index in [1.165, 1.54) is 6.42 Å². The third kappa shape index (κ3) is 4.61. The molecule has 1 atom stereocenters. The molecule has 3 nitrogen and oxygen atoms in total. The minimum atomic E-state index is -0.565. The first-order valence-electron chi connectivity index (χ1n) is 10.7. The molecule has 0 spiro atoms. The molecule has 0 heterocycles. The van der Waals surface area contributed by atoms with Gasteiger partial charge in [0.2, 0.25) is 5.91 Å². The van der Waals surface area contributed by atoms with Crippen LogP contribution < -0.4 is 10.1 Å². The van der Waals surface area contributed by atoms with Crippen LogP contribution in [0.15, 0.2) is 36.4 Å². The Morgan fingerprint density at radius 2 is 1.76 bits per heavy atom. The predicted molar refractivity (Wildman–Crippen MR) is 121 cm³/mol. The molecule has 0 aliphatic heterocycles. The molecule has 2 aromatic rings. The van der Waals surface area contributed by atoms with Gasteiger partial charge in [0.25, 0.3) is 0 Å². The predicted octanol–water partition coefficient (Wildman–Crippen LogP) is 6.97. The fourth-order valence-electron chi connectivity index (χ4n) is 4.37. The van der Waals surface area contributed by atoms with Gasteiger partial charge in [-0.3, -0.25) is 4.79 Å². The minimum Gasteiger partial charge on any atom is -0.490 e. The van der Waals surface area contributed by atoms with E-state index in [1.54, 1.807) is 0 Å². The highest BCUT2D eigenvalue weighted by Crippen LogP contribution is 2.43. The Bertz CT molecular complexity index is 848. The third-order valence-electron chi connectivity index (χ3n) is 6.14. The quantitative estimate of drug-likeness (QED) is 0.554. The van der Waals surface area contributed by atoms with Crippen LogP contribution in [0.4, 0.5) is 5.69 Å². The molecule has 1 unspecified atom stereocenters. The Labute approximate surface area is 179 Å². The second kappa shape index (κ2) is 9.21. The largest absolute Gasteiger partial charge is 0.490 e. The maximum absolute atomic E-state index is 13.6. The van der Waals surface area contributed by atoms with Crippen molar-refractivity contribution in [2.45, 2.75) is 77.7 Å². The molecule has 156 valence electrons. The number of benzene rings is 2. The van der Waals surface area contributed by atoms with E-state index in [0.29, 0.717) is 5.02 Å². The lowest BCUT2D eigenvalue weighted by Gasteiger charge is -2.37. The first-order valence-corrected chi connectivity index (χ1v) is 11.1. The van der Waals surface area contributed by atoms with Crippen LogP contribution in [0.2, 0.25) is 5.02 Å². The Kier molecular flexibility index (Phi) is 6.89. The van der Waals surface area contributed by atoms with Crippen LogP contribution in [0.3, 0.4) is 0 Å². The molecule has 0 bridgehead atoms. The molecule has 2 aromatic carbocycles. The van der Waals surface area contributed by atoms with Crippen molar-refractivity contribution in [3.8, 4) is 5.75 Å². The fourth-order valence-corrected chi connectivity index (χ4v) is 4.68. The maximum Gasteiger partial charge on any atom is 0.235 e. The number of carbonyl (C=O) groups is 1. The van der Waals surface area contributed by atoms with Crippen LogP contribution in [-0.2, 0) is 10.2 Å². The summed E-state index contributed by atoms with van der Waals surface area (Å²) in [6, 6.07) is 11.8. The summed E-state index contributed by atoms with van der Waals surface area (Å²) in [7, 11) is 0. The van der Waals surface area contributed by atoms with Gasteiger partial charge in [0.1, 0.15) is 5.75 Å². The van der Waals surface area contributed by atoms with Crippen molar-refractivity contribution in [2.24, 2.45) is 0 Å². The molecule has 0 saturated heterocycles. The Hall–Kier alpha value is -2.00. The molecule has 1 amide bonds. The maximum atomic E-state index is 13.6. The summed E-state index contributed by atoms with van der Waals surface area (Å²) in [6.45, 7) is 8.25. The van der Waals surface area contributed by atoms with Gasteiger partial charge in [-0.1, -0.05) is 56.0 Å². The first-order chi connectivity index (χ1) is 13.9. The van der Waals surface area contributed by atoms with Gasteiger partial charge in [0.15, 0.2) is 0 Å². The van der Waals surface area contributed by atoms with Crippen molar-refractivity contribution in [3.63, 3.8) is 0 Å². The van der Waals surface area contributed by atoms with Gasteiger partial charge in [-0.15, -0.1) is 0 Å². The smallest absolute Gasteiger partial charge is 0.235 e. The van der Waals surface area contributed by atoms with E-state index in [1.807, 2.05) is 50.2 Å². The lowest BCUT2D eigenvalue weighted by atomic mass is 9.68. The van der Waals surface area contributed by atoms with Crippen LogP contribution in [0, 0.1) is 13.8 Å². The Morgan fingerprint density at radius 3 is 2.34 bits per heavy atom. The third-order valence-corrected chi connectivity index (χ3v) is 6.47. The second-order valence-electron chi connectivity index (χ2n) is 8.35. The summed E-state index contributed by atoms with van der Waals surface area (Å²) >= 11 is 6.53. The highest BCUT2D eigenvalue weighted by molar-refractivity contribution is 6.31. The minimum absolute atomic E-state index is 0.0414. The van der Waals surface area contributed by atoms with E-state index in [4.69, 9.17) is 16.3 Å². The molecule has 1 aliphatic rings. The lowest BCUT2D eigenvalue weighted by Crippen LogP contribution is -2.42. The molecule has 4 heteroatoms. The Morgan fingerprint density at radius 1 is 1.14 bits per heavy atom. The number of rotatable bonds is 6. The highest BCUT2D eigenvalue weighted by Gasteiger charge is 2.42. The van der Waals surface area contributed by atoms with Gasteiger partial charge >= 0.3 is 0 Å². The van der Waals surface area contributed by atoms with Gasteiger partial charge in [-0.05, 0) is 74.9 Å². The molecule has 0 aromatic heterocycles. The summed E-state index contributed by atoms with van der Waals surface area (Å²) in [5.41, 5.74) is 3.28. The molecule has 29 heavy (non-hydrogen) atoms. The average Bonchev–Trinajstić information content (AvgIpc) is 2.71. The second-order valence-corrected chi connectivity index (χ2v) is 8.76. The number of amides is 1. The molecular weight excluding hydrogens is 382 g/mol. The fraction of sp³-hybridized carbons (Fsp3) is 0.480. The summed E-state index contributed by atoms with van der Waals surface area (Å²) in [6.07, 6.45) is 6.03. The van der Waals surface area contributed by atoms with Crippen molar-refractivity contribution in [2.75, 3.05) is 5.32 Å². The number of hydrogen-bond donors (Lipinski definition) is 1. The molecular formula is C25H32ClNO2. The Balaban J connectivity index is 1.90. The number of ether oxygens (including phenoxy) is 1. The van der Waals surface area contributed by atoms with E-state index in [2.05, 4.69) is 19.2 Å². The number of carbonyl (C=O) groups excluding carboxylic acids is 1. The van der Waals surface area contributed by atoms with Crippen molar-refractivity contribution in [1.82, 2.24) is 0 Å². The van der Waals surface area contributed by atoms with E-state index in [-0.39, 0.29) is 12.0 Å². The lowest BCUT2D eigenvalue weighted by molar-refractivity contribution is -0.122. The number of hydrogen-bond acceptors (Lipinski definition) is 2. The van der Waals surface area contributed by atoms with Crippen molar-refractivity contribution < 1.29 is 9.53 Å². The summed E-state index contributed by atoms with van der Waals surface area (Å²) in [5, 5.41) is 3.88. The van der Waals surface area contributed by atoms with E-state index < -0.39 is 5.41 Å². The van der Waals surface area contributed by atoms with E-state index >= 15 is 0 Å². The van der Waals surface area contributed by atoms with Gasteiger partial charge < -0.3 is 10.1 Å². The molecule has 0 radical (unpaired) electrons. The molecule has 1 aliphatic carbocycles. The zero-order valence-electron chi connectivity index (χ0n) is 18.0. The van der Waals surface area contributed by atoms with Gasteiger partial charge in [-0.25, -0.2) is 0 Å². The van der Waals surface area contributed by atoms with Gasteiger partial charge in [-0.2, -0.15) is 0 Å². The van der Waals surface area contributed by atoms with E-state index in [9.17, 15) is 4.79 Å². The van der Waals surface area contributed by atoms with Crippen LogP contribution in [0.25, 0.3) is 0 Å². The zero-order chi connectivity index (χ0) is 21.0. The molecule has 1 N–H and O–H groups in total. The average molecular weight is 414 g/mol. The summed E-state index contributed by atoms with van der Waals surface area (Å²) in [4.78, 5) is 13.6. The summed E-state index contributed by atoms with van der Waals surface area (Å²) in [5.74, 6) is 0.954. The van der Waals surface area contributed by atoms with Gasteiger partial charge in [0.05, 0.1) is 11.5 Å². The summed E-state index contributed by atoms with van der Waals surface area (Å²) < 4.78 is 6.08. The molecule has 1 saturated carbocycles. The van der Waals surface area contributed by atoms with Crippen LogP contribution in [0.5, 0.6) is 5.75 Å². The van der Waals surface area contributed by atoms with Crippen molar-refractivity contribution in [3.05, 3.63) is 58.1 Å². The topological polar surface area (TPSA) is 38.3 Å². The number of aryl methyl sites for hydroxylation is 2.